The van der Waals surface area contributed by atoms with Gasteiger partial charge >= 0.3 is 0 Å². The molecule has 1 atom stereocenters. The minimum Gasteiger partial charge on any atom is -0.324 e. The van der Waals surface area contributed by atoms with Crippen LogP contribution in [-0.4, -0.2) is 13.3 Å². The van der Waals surface area contributed by atoms with E-state index in [1.807, 2.05) is 12.1 Å². The molecule has 1 aliphatic rings. The molecular weight excluding hydrogens is 84.9 g/mol. The molecule has 1 nitrogen and oxygen atoms in total. The summed E-state index contributed by atoms with van der Waals surface area (Å²) in [6, 6.07) is 0.324. The summed E-state index contributed by atoms with van der Waals surface area (Å²) in [6.45, 7) is 0. The molecule has 0 fully saturated rings. The first-order valence-electron chi connectivity index (χ1n) is 2.65. The van der Waals surface area contributed by atoms with E-state index >= 15 is 0 Å². The lowest BCUT2D eigenvalue weighted by Gasteiger charge is -2.07. The Bertz CT molecular complexity index is 80.1. The van der Waals surface area contributed by atoms with E-state index in [1.54, 1.807) is 0 Å². The third-order valence-electron chi connectivity index (χ3n) is 1.16. The maximum atomic E-state index is 5.53. The summed E-state index contributed by atoms with van der Waals surface area (Å²) in [5.41, 5.74) is 5.53. The van der Waals surface area contributed by atoms with Gasteiger partial charge in [-0.25, -0.2) is 0 Å². The van der Waals surface area contributed by atoms with Crippen LogP contribution < -0.4 is 5.73 Å². The Hall–Kier alpha value is -0.235. The normalized spacial score (nSPS) is 29.6. The average molecular weight is 93.9 g/mol. The molecule has 37 valence electrons. The van der Waals surface area contributed by atoms with Crippen molar-refractivity contribution in [3.8, 4) is 0 Å². The van der Waals surface area contributed by atoms with Gasteiger partial charge in [0.05, 0.1) is 0 Å². The van der Waals surface area contributed by atoms with Crippen molar-refractivity contribution in [2.75, 3.05) is 0 Å². The predicted octanol–water partition coefficient (Wildman–Crippen LogP) is 0.354. The van der Waals surface area contributed by atoms with Crippen LogP contribution in [0.2, 0.25) is 6.32 Å². The van der Waals surface area contributed by atoms with Crippen LogP contribution in [0.1, 0.15) is 6.42 Å². The van der Waals surface area contributed by atoms with Crippen molar-refractivity contribution >= 4 is 7.28 Å². The van der Waals surface area contributed by atoms with Gasteiger partial charge in [-0.05, 0) is 6.42 Å². The van der Waals surface area contributed by atoms with Gasteiger partial charge in [-0.15, -0.1) is 5.98 Å². The van der Waals surface area contributed by atoms with Crippen molar-refractivity contribution < 1.29 is 0 Å². The highest BCUT2D eigenvalue weighted by molar-refractivity contribution is 6.42. The van der Waals surface area contributed by atoms with E-state index in [9.17, 15) is 0 Å². The van der Waals surface area contributed by atoms with Gasteiger partial charge in [0.15, 0.2) is 0 Å². The minimum atomic E-state index is 0.324. The Morgan fingerprint density at radius 2 is 2.57 bits per heavy atom. The molecule has 0 spiro atoms. The smallest absolute Gasteiger partial charge is 0.141 e. The average Bonchev–Trinajstić information content (AvgIpc) is 1.69. The van der Waals surface area contributed by atoms with Gasteiger partial charge < -0.3 is 5.73 Å². The van der Waals surface area contributed by atoms with Crippen LogP contribution in [0.15, 0.2) is 12.1 Å². The summed E-state index contributed by atoms with van der Waals surface area (Å²) in [5.74, 6) is 2.04. The van der Waals surface area contributed by atoms with Crippen LogP contribution >= 0.6 is 0 Å². The molecule has 1 radical (unpaired) electrons. The third kappa shape index (κ3) is 1.36. The number of rotatable bonds is 0. The first-order chi connectivity index (χ1) is 3.39. The molecule has 1 unspecified atom stereocenters. The second-order valence-corrected chi connectivity index (χ2v) is 1.86. The van der Waals surface area contributed by atoms with Crippen molar-refractivity contribution in [1.82, 2.24) is 0 Å². The molecule has 0 aromatic rings. The first-order valence-corrected chi connectivity index (χ1v) is 2.65. The molecule has 0 aromatic heterocycles. The largest absolute Gasteiger partial charge is 0.324 e. The summed E-state index contributed by atoms with van der Waals surface area (Å²) in [5, 5.41) is 0. The lowest BCUT2D eigenvalue weighted by molar-refractivity contribution is 0.772. The highest BCUT2D eigenvalue weighted by Gasteiger charge is 2.00. The molecular formula is C5H9BN. The Kier molecular flexibility index (Phi) is 1.52. The molecule has 0 amide bonds. The van der Waals surface area contributed by atoms with E-state index in [0.717, 1.165) is 12.7 Å². The summed E-state index contributed by atoms with van der Waals surface area (Å²) >= 11 is 0. The zero-order valence-electron chi connectivity index (χ0n) is 4.30. The van der Waals surface area contributed by atoms with Gasteiger partial charge in [0.2, 0.25) is 0 Å². The molecule has 7 heavy (non-hydrogen) atoms. The summed E-state index contributed by atoms with van der Waals surface area (Å²) in [7, 11) is 2.14. The number of hydrogen-bond donors (Lipinski definition) is 1. The van der Waals surface area contributed by atoms with Gasteiger partial charge in [-0.3, -0.25) is 0 Å². The predicted molar refractivity (Wildman–Crippen MR) is 32.3 cm³/mol. The zero-order chi connectivity index (χ0) is 5.11. The molecule has 0 aromatic carbocycles. The molecule has 1 rings (SSSR count). The van der Waals surface area contributed by atoms with E-state index in [0.29, 0.717) is 6.04 Å². The fourth-order valence-electron chi connectivity index (χ4n) is 0.702. The topological polar surface area (TPSA) is 26.0 Å². The van der Waals surface area contributed by atoms with Crippen LogP contribution in [0.5, 0.6) is 0 Å². The third-order valence-corrected chi connectivity index (χ3v) is 1.16. The highest BCUT2D eigenvalue weighted by atomic mass is 14.6. The van der Waals surface area contributed by atoms with E-state index in [4.69, 9.17) is 5.73 Å². The molecule has 0 saturated heterocycles. The summed E-state index contributed by atoms with van der Waals surface area (Å²) in [4.78, 5) is 0. The van der Waals surface area contributed by atoms with Crippen LogP contribution in [-0.2, 0) is 0 Å². The van der Waals surface area contributed by atoms with Crippen LogP contribution in [0.25, 0.3) is 0 Å². The second kappa shape index (κ2) is 2.17. The van der Waals surface area contributed by atoms with Crippen molar-refractivity contribution in [2.45, 2.75) is 18.8 Å². The molecule has 0 aliphatic carbocycles. The maximum absolute atomic E-state index is 5.53. The van der Waals surface area contributed by atoms with E-state index in [2.05, 4.69) is 7.28 Å². The summed E-state index contributed by atoms with van der Waals surface area (Å²) in [6.07, 6.45) is 4.30. The fourth-order valence-corrected chi connectivity index (χ4v) is 0.702. The molecule has 2 N–H and O–H groups in total. The van der Waals surface area contributed by atoms with E-state index in [-0.39, 0.29) is 0 Å². The Morgan fingerprint density at radius 3 is 2.86 bits per heavy atom. The number of nitrogens with two attached hydrogens (primary N) is 1. The minimum absolute atomic E-state index is 0.324. The first kappa shape index (κ1) is 4.91. The highest BCUT2D eigenvalue weighted by Crippen LogP contribution is 2.01. The lowest BCUT2D eigenvalue weighted by atomic mass is 9.69. The Morgan fingerprint density at radius 1 is 1.71 bits per heavy atom. The lowest BCUT2D eigenvalue weighted by Crippen LogP contribution is -2.19. The maximum Gasteiger partial charge on any atom is 0.141 e. The monoisotopic (exact) mass is 94.1 g/mol. The van der Waals surface area contributed by atoms with Crippen LogP contribution in [0.3, 0.4) is 0 Å². The van der Waals surface area contributed by atoms with Crippen LogP contribution in [0, 0.1) is 0 Å². The zero-order valence-corrected chi connectivity index (χ0v) is 4.30. The van der Waals surface area contributed by atoms with Gasteiger partial charge in [0.1, 0.15) is 7.28 Å². The van der Waals surface area contributed by atoms with Crippen molar-refractivity contribution in [3.05, 3.63) is 12.1 Å². The quantitative estimate of drug-likeness (QED) is 0.430. The summed E-state index contributed by atoms with van der Waals surface area (Å²) < 4.78 is 0. The van der Waals surface area contributed by atoms with Crippen LogP contribution in [0.4, 0.5) is 0 Å². The molecule has 2 heteroatoms. The fraction of sp³-hybridized carbons (Fsp3) is 0.600. The molecule has 1 heterocycles. The van der Waals surface area contributed by atoms with Crippen molar-refractivity contribution in [1.29, 1.82) is 0 Å². The van der Waals surface area contributed by atoms with Gasteiger partial charge in [0, 0.05) is 6.04 Å². The van der Waals surface area contributed by atoms with Gasteiger partial charge in [-0.1, -0.05) is 12.4 Å². The molecule has 1 aliphatic heterocycles. The van der Waals surface area contributed by atoms with Crippen molar-refractivity contribution in [3.63, 3.8) is 0 Å². The van der Waals surface area contributed by atoms with Gasteiger partial charge in [0.25, 0.3) is 0 Å². The van der Waals surface area contributed by atoms with E-state index in [1.165, 1.54) is 0 Å². The molecule has 0 saturated carbocycles. The standard InChI is InChI=1S/C5H9BN/c7-5-1-3-6-4-2-5/h1,3,5H,2,4,7H2. The van der Waals surface area contributed by atoms with E-state index < -0.39 is 0 Å². The van der Waals surface area contributed by atoms with Gasteiger partial charge in [-0.2, -0.15) is 0 Å². The van der Waals surface area contributed by atoms with Crippen molar-refractivity contribution in [2.24, 2.45) is 5.73 Å². The SMILES string of the molecule is NC1C=C[B]CC1. The Labute approximate surface area is 44.8 Å². The molecule has 0 bridgehead atoms. The number of hydrogen-bond acceptors (Lipinski definition) is 1. The second-order valence-electron chi connectivity index (χ2n) is 1.86. The Balaban J connectivity index is 2.36.